The molecule has 3 aromatic rings. The van der Waals surface area contributed by atoms with Crippen molar-refractivity contribution in [2.45, 2.75) is 39.0 Å². The third-order valence-corrected chi connectivity index (χ3v) is 7.99. The van der Waals surface area contributed by atoms with Gasteiger partial charge in [0.15, 0.2) is 0 Å². The predicted molar refractivity (Wildman–Crippen MR) is 165 cm³/mol. The fraction of sp³-hybridized carbons (Fsp3) is 0.344. The predicted octanol–water partition coefficient (Wildman–Crippen LogP) is 6.62. The molecule has 220 valence electrons. The largest absolute Gasteiger partial charge is 0.497 e. The molecule has 1 saturated heterocycles. The van der Waals surface area contributed by atoms with Crippen LogP contribution in [-0.4, -0.2) is 71.9 Å². The van der Waals surface area contributed by atoms with E-state index < -0.39 is 12.1 Å². The highest BCUT2D eigenvalue weighted by molar-refractivity contribution is 6.30. The third-order valence-electron chi connectivity index (χ3n) is 7.48. The van der Waals surface area contributed by atoms with Crippen molar-refractivity contribution in [3.63, 3.8) is 0 Å². The van der Waals surface area contributed by atoms with E-state index in [0.717, 1.165) is 11.1 Å². The summed E-state index contributed by atoms with van der Waals surface area (Å²) in [6, 6.07) is 19.5. The number of hydrogen-bond acceptors (Lipinski definition) is 5. The van der Waals surface area contributed by atoms with Crippen molar-refractivity contribution in [2.24, 2.45) is 4.99 Å². The zero-order chi connectivity index (χ0) is 30.0. The van der Waals surface area contributed by atoms with Crippen LogP contribution in [0.2, 0.25) is 10.0 Å². The molecule has 0 aromatic heterocycles. The molecule has 5 rings (SSSR count). The van der Waals surface area contributed by atoms with Gasteiger partial charge in [0, 0.05) is 49.2 Å². The molecule has 0 unspecified atom stereocenters. The number of hydrogen-bond donors (Lipinski definition) is 0. The van der Waals surface area contributed by atoms with Gasteiger partial charge in [0.05, 0.1) is 24.8 Å². The Morgan fingerprint density at radius 2 is 1.43 bits per heavy atom. The molecule has 3 amide bonds. The summed E-state index contributed by atoms with van der Waals surface area (Å²) in [4.78, 5) is 37.1. The number of carbonyl (C=O) groups is 2. The van der Waals surface area contributed by atoms with E-state index in [1.807, 2.05) is 80.6 Å². The Hall–Kier alpha value is -3.75. The zero-order valence-electron chi connectivity index (χ0n) is 24.1. The van der Waals surface area contributed by atoms with Crippen LogP contribution in [0.1, 0.15) is 49.5 Å². The van der Waals surface area contributed by atoms with Gasteiger partial charge in [0.1, 0.15) is 23.4 Å². The SMILES string of the molecule is COc1ccc(C2=N[C@@H](c3ccc(Cl)cc3)[C@@H](c3ccc(Cl)cc3)N2C(=O)N2CCN(C(C)=O)CC2)c(OC(C)C)c1. The van der Waals surface area contributed by atoms with Gasteiger partial charge in [-0.2, -0.15) is 0 Å². The summed E-state index contributed by atoms with van der Waals surface area (Å²) in [5.74, 6) is 1.69. The van der Waals surface area contributed by atoms with E-state index >= 15 is 0 Å². The molecule has 2 aliphatic heterocycles. The van der Waals surface area contributed by atoms with Gasteiger partial charge < -0.3 is 19.3 Å². The lowest BCUT2D eigenvalue weighted by atomic mass is 9.93. The topological polar surface area (TPSA) is 74.7 Å². The van der Waals surface area contributed by atoms with Gasteiger partial charge in [0.25, 0.3) is 0 Å². The summed E-state index contributed by atoms with van der Waals surface area (Å²) in [5, 5.41) is 1.21. The van der Waals surface area contributed by atoms with Gasteiger partial charge in [-0.05, 0) is 61.4 Å². The number of amidine groups is 1. The number of nitrogens with zero attached hydrogens (tertiary/aromatic N) is 4. The second-order valence-corrected chi connectivity index (χ2v) is 11.5. The van der Waals surface area contributed by atoms with Crippen molar-refractivity contribution in [1.29, 1.82) is 0 Å². The first-order valence-corrected chi connectivity index (χ1v) is 14.7. The first kappa shape index (κ1) is 29.7. The van der Waals surface area contributed by atoms with Crippen LogP contribution >= 0.6 is 23.2 Å². The number of piperazine rings is 1. The molecule has 3 aromatic carbocycles. The smallest absolute Gasteiger partial charge is 0.326 e. The van der Waals surface area contributed by atoms with Gasteiger partial charge in [-0.3, -0.25) is 14.7 Å². The minimum absolute atomic E-state index is 0.000995. The average molecular weight is 610 g/mol. The van der Waals surface area contributed by atoms with Crippen LogP contribution in [0.5, 0.6) is 11.5 Å². The first-order chi connectivity index (χ1) is 20.2. The quantitative estimate of drug-likeness (QED) is 0.315. The lowest BCUT2D eigenvalue weighted by molar-refractivity contribution is -0.130. The van der Waals surface area contributed by atoms with E-state index in [0.29, 0.717) is 59.1 Å². The normalized spacial score (nSPS) is 18.7. The Morgan fingerprint density at radius 1 is 0.857 bits per heavy atom. The molecule has 2 atom stereocenters. The van der Waals surface area contributed by atoms with Gasteiger partial charge in [-0.25, -0.2) is 4.79 Å². The first-order valence-electron chi connectivity index (χ1n) is 13.9. The molecule has 1 fully saturated rings. The highest BCUT2D eigenvalue weighted by Crippen LogP contribution is 2.46. The Labute approximate surface area is 256 Å². The molecule has 0 radical (unpaired) electrons. The summed E-state index contributed by atoms with van der Waals surface area (Å²) in [7, 11) is 1.60. The number of aliphatic imine (C=N–C) groups is 1. The van der Waals surface area contributed by atoms with E-state index in [9.17, 15) is 9.59 Å². The maximum Gasteiger partial charge on any atom is 0.326 e. The molecule has 2 heterocycles. The summed E-state index contributed by atoms with van der Waals surface area (Å²) in [6.45, 7) is 7.22. The molecule has 2 aliphatic rings. The van der Waals surface area contributed by atoms with Crippen molar-refractivity contribution >= 4 is 41.0 Å². The Bertz CT molecular complexity index is 1470. The maximum absolute atomic E-state index is 14.6. The monoisotopic (exact) mass is 608 g/mol. The molecule has 10 heteroatoms. The van der Waals surface area contributed by atoms with Gasteiger partial charge in [0.2, 0.25) is 5.91 Å². The van der Waals surface area contributed by atoms with Crippen LogP contribution in [0.4, 0.5) is 4.79 Å². The van der Waals surface area contributed by atoms with Crippen LogP contribution in [0.15, 0.2) is 71.7 Å². The van der Waals surface area contributed by atoms with Crippen LogP contribution in [-0.2, 0) is 4.79 Å². The highest BCUT2D eigenvalue weighted by Gasteiger charge is 2.45. The summed E-state index contributed by atoms with van der Waals surface area (Å²) >= 11 is 12.5. The standard InChI is InChI=1S/C32H34Cl2N4O4/c1-20(2)42-28-19-26(41-4)13-14-27(28)31-35-29(22-5-9-24(33)10-6-22)30(23-7-11-25(34)12-8-23)38(31)32(40)37-17-15-36(16-18-37)21(3)39/h5-14,19-20,29-30H,15-18H2,1-4H3/t29-,30+/m0/s1. The van der Waals surface area contributed by atoms with E-state index in [1.165, 1.54) is 0 Å². The minimum Gasteiger partial charge on any atom is -0.497 e. The lowest BCUT2D eigenvalue weighted by Crippen LogP contribution is -2.54. The van der Waals surface area contributed by atoms with Crippen molar-refractivity contribution < 1.29 is 19.1 Å². The number of benzene rings is 3. The number of urea groups is 1. The molecule has 0 saturated carbocycles. The zero-order valence-corrected chi connectivity index (χ0v) is 25.6. The Kier molecular flexibility index (Phi) is 8.94. The van der Waals surface area contributed by atoms with Crippen molar-refractivity contribution in [3.8, 4) is 11.5 Å². The molecule has 0 aliphatic carbocycles. The Morgan fingerprint density at radius 3 is 1.98 bits per heavy atom. The summed E-state index contributed by atoms with van der Waals surface area (Å²) in [6.07, 6.45) is -0.124. The van der Waals surface area contributed by atoms with Gasteiger partial charge >= 0.3 is 6.03 Å². The van der Waals surface area contributed by atoms with Gasteiger partial charge in [-0.1, -0.05) is 47.5 Å². The van der Waals surface area contributed by atoms with E-state index in [1.54, 1.807) is 28.7 Å². The van der Waals surface area contributed by atoms with Crippen LogP contribution in [0.25, 0.3) is 0 Å². The molecule has 0 spiro atoms. The van der Waals surface area contributed by atoms with Crippen molar-refractivity contribution in [2.75, 3.05) is 33.3 Å². The number of ether oxygens (including phenoxy) is 2. The molecule has 42 heavy (non-hydrogen) atoms. The maximum atomic E-state index is 14.6. The molecular weight excluding hydrogens is 575 g/mol. The van der Waals surface area contributed by atoms with E-state index in [2.05, 4.69) is 0 Å². The fourth-order valence-corrected chi connectivity index (χ4v) is 5.64. The second-order valence-electron chi connectivity index (χ2n) is 10.6. The number of amides is 3. The number of methoxy groups -OCH3 is 1. The summed E-state index contributed by atoms with van der Waals surface area (Å²) in [5.41, 5.74) is 2.47. The van der Waals surface area contributed by atoms with Crippen LogP contribution in [0.3, 0.4) is 0 Å². The number of carbonyl (C=O) groups excluding carboxylic acids is 2. The molecule has 0 N–H and O–H groups in total. The Balaban J connectivity index is 1.66. The van der Waals surface area contributed by atoms with Crippen LogP contribution < -0.4 is 9.47 Å². The number of halogens is 2. The molecular formula is C32H34Cl2N4O4. The average Bonchev–Trinajstić information content (AvgIpc) is 3.37. The number of rotatable bonds is 6. The van der Waals surface area contributed by atoms with Crippen LogP contribution in [0, 0.1) is 0 Å². The van der Waals surface area contributed by atoms with E-state index in [4.69, 9.17) is 37.7 Å². The molecule has 0 bridgehead atoms. The fourth-order valence-electron chi connectivity index (χ4n) is 5.39. The molecule has 8 nitrogen and oxygen atoms in total. The lowest BCUT2D eigenvalue weighted by Gasteiger charge is -2.39. The van der Waals surface area contributed by atoms with Crippen molar-refractivity contribution in [1.82, 2.24) is 14.7 Å². The highest BCUT2D eigenvalue weighted by atomic mass is 35.5. The second kappa shape index (κ2) is 12.6. The summed E-state index contributed by atoms with van der Waals surface area (Å²) < 4.78 is 11.7. The van der Waals surface area contributed by atoms with Crippen molar-refractivity contribution in [3.05, 3.63) is 93.5 Å². The minimum atomic E-state index is -0.481. The third kappa shape index (κ3) is 6.20. The van der Waals surface area contributed by atoms with E-state index in [-0.39, 0.29) is 18.0 Å². The van der Waals surface area contributed by atoms with Gasteiger partial charge in [-0.15, -0.1) is 0 Å².